The Morgan fingerprint density at radius 3 is 2.64 bits per heavy atom. The van der Waals surface area contributed by atoms with E-state index in [1.165, 1.54) is 23.8 Å². The molecule has 10 heteroatoms. The van der Waals surface area contributed by atoms with E-state index in [1.807, 2.05) is 25.1 Å². The van der Waals surface area contributed by atoms with E-state index in [1.54, 1.807) is 30.5 Å². The molecule has 0 aliphatic rings. The number of nitrogen functional groups attached to an aromatic ring is 1. The highest BCUT2D eigenvalue weighted by Crippen LogP contribution is 2.29. The Morgan fingerprint density at radius 1 is 1.08 bits per heavy atom. The lowest BCUT2D eigenvalue weighted by molar-refractivity contribution is 0.393. The molecule has 5 aromatic rings. The van der Waals surface area contributed by atoms with Crippen LogP contribution in [0.15, 0.2) is 71.7 Å². The van der Waals surface area contributed by atoms with Crippen molar-refractivity contribution in [2.24, 2.45) is 0 Å². The normalized spacial score (nSPS) is 11.1. The van der Waals surface area contributed by atoms with Crippen molar-refractivity contribution in [2.75, 3.05) is 24.7 Å². The van der Waals surface area contributed by atoms with Crippen molar-refractivity contribution in [3.05, 3.63) is 105 Å². The maximum absolute atomic E-state index is 14.0. The summed E-state index contributed by atoms with van der Waals surface area (Å²) in [7, 11) is 1.52. The van der Waals surface area contributed by atoms with Gasteiger partial charge < -0.3 is 15.8 Å². The summed E-state index contributed by atoms with van der Waals surface area (Å²) >= 11 is 6.42. The summed E-state index contributed by atoms with van der Waals surface area (Å²) in [6.45, 7) is 2.20. The van der Waals surface area contributed by atoms with E-state index in [0.717, 1.165) is 28.3 Å². The molecule has 5 rings (SSSR count). The van der Waals surface area contributed by atoms with E-state index in [2.05, 4.69) is 15.3 Å². The SMILES string of the molecule is COc1ncc(-c2ccc3nc(N)n(-c4c(C)cccc4Cl)c(=O)c3c2)cc1CCNc1ccc(F)cc1F. The van der Waals surface area contributed by atoms with Gasteiger partial charge in [-0.1, -0.05) is 29.8 Å². The molecule has 2 heterocycles. The number of aryl methyl sites for hydroxylation is 1. The van der Waals surface area contributed by atoms with Crippen molar-refractivity contribution in [1.82, 2.24) is 14.5 Å². The first-order valence-corrected chi connectivity index (χ1v) is 12.4. The van der Waals surface area contributed by atoms with Crippen molar-refractivity contribution < 1.29 is 13.5 Å². The molecule has 0 saturated heterocycles. The summed E-state index contributed by atoms with van der Waals surface area (Å²) < 4.78 is 33.9. The number of aromatic nitrogens is 3. The molecule has 0 fully saturated rings. The summed E-state index contributed by atoms with van der Waals surface area (Å²) in [6, 6.07) is 15.9. The number of anilines is 2. The second-order valence-corrected chi connectivity index (χ2v) is 9.35. The largest absolute Gasteiger partial charge is 0.481 e. The molecular weight excluding hydrogens is 524 g/mol. The molecule has 0 unspecified atom stereocenters. The third kappa shape index (κ3) is 5.13. The molecule has 2 aromatic heterocycles. The van der Waals surface area contributed by atoms with Gasteiger partial charge >= 0.3 is 0 Å². The van der Waals surface area contributed by atoms with Gasteiger partial charge in [0, 0.05) is 29.9 Å². The molecule has 0 aliphatic carbocycles. The summed E-state index contributed by atoms with van der Waals surface area (Å²) in [4.78, 5) is 22.5. The number of methoxy groups -OCH3 is 1. The van der Waals surface area contributed by atoms with Gasteiger partial charge in [0.05, 0.1) is 34.4 Å². The van der Waals surface area contributed by atoms with Crippen LogP contribution in [0, 0.1) is 18.6 Å². The lowest BCUT2D eigenvalue weighted by Gasteiger charge is -2.15. The minimum atomic E-state index is -0.670. The summed E-state index contributed by atoms with van der Waals surface area (Å²) in [6.07, 6.45) is 2.10. The first-order chi connectivity index (χ1) is 18.8. The van der Waals surface area contributed by atoms with Gasteiger partial charge in [0.1, 0.15) is 11.6 Å². The highest BCUT2D eigenvalue weighted by Gasteiger charge is 2.16. The van der Waals surface area contributed by atoms with Crippen LogP contribution in [0.25, 0.3) is 27.7 Å². The van der Waals surface area contributed by atoms with Crippen LogP contribution in [-0.4, -0.2) is 28.2 Å². The smallest absolute Gasteiger partial charge is 0.267 e. The van der Waals surface area contributed by atoms with E-state index in [-0.39, 0.29) is 17.2 Å². The Hall–Kier alpha value is -4.50. The van der Waals surface area contributed by atoms with Gasteiger partial charge in [0.2, 0.25) is 11.8 Å². The fraction of sp³-hybridized carbons (Fsp3) is 0.138. The maximum Gasteiger partial charge on any atom is 0.267 e. The van der Waals surface area contributed by atoms with E-state index >= 15 is 0 Å². The topological polar surface area (TPSA) is 95.1 Å². The van der Waals surface area contributed by atoms with Crippen LogP contribution in [0.5, 0.6) is 5.88 Å². The van der Waals surface area contributed by atoms with Crippen molar-refractivity contribution >= 4 is 34.1 Å². The van der Waals surface area contributed by atoms with Crippen LogP contribution < -0.4 is 21.3 Å². The van der Waals surface area contributed by atoms with Crippen molar-refractivity contribution in [3.8, 4) is 22.7 Å². The van der Waals surface area contributed by atoms with Gasteiger partial charge in [0.15, 0.2) is 0 Å². The summed E-state index contributed by atoms with van der Waals surface area (Å²) in [5.74, 6) is -0.850. The lowest BCUT2D eigenvalue weighted by atomic mass is 10.0. The Kier molecular flexibility index (Phi) is 7.17. The van der Waals surface area contributed by atoms with E-state index in [0.29, 0.717) is 40.5 Å². The van der Waals surface area contributed by atoms with Crippen LogP contribution in [0.3, 0.4) is 0 Å². The van der Waals surface area contributed by atoms with Crippen LogP contribution in [0.1, 0.15) is 11.1 Å². The molecular formula is C29H24ClF2N5O2. The second-order valence-electron chi connectivity index (χ2n) is 8.94. The number of hydrogen-bond donors (Lipinski definition) is 2. The zero-order chi connectivity index (χ0) is 27.7. The summed E-state index contributed by atoms with van der Waals surface area (Å²) in [5, 5.41) is 3.72. The van der Waals surface area contributed by atoms with Gasteiger partial charge in [-0.3, -0.25) is 4.79 Å². The number of nitrogens with two attached hydrogens (primary N) is 1. The average molecular weight is 548 g/mol. The number of halogens is 3. The number of rotatable bonds is 7. The van der Waals surface area contributed by atoms with Crippen molar-refractivity contribution in [2.45, 2.75) is 13.3 Å². The molecule has 3 N–H and O–H groups in total. The molecule has 0 saturated carbocycles. The number of fused-ring (bicyclic) bond motifs is 1. The number of para-hydroxylation sites is 1. The van der Waals surface area contributed by atoms with Gasteiger partial charge in [-0.25, -0.2) is 23.3 Å². The zero-order valence-electron chi connectivity index (χ0n) is 21.1. The van der Waals surface area contributed by atoms with Gasteiger partial charge in [-0.05, 0) is 60.9 Å². The minimum absolute atomic E-state index is 0.0370. The molecule has 0 spiro atoms. The predicted molar refractivity (Wildman–Crippen MR) is 150 cm³/mol. The number of nitrogens with one attached hydrogen (secondary N) is 1. The summed E-state index contributed by atoms with van der Waals surface area (Å²) in [5.41, 5.74) is 10.0. The van der Waals surface area contributed by atoms with E-state index in [4.69, 9.17) is 22.1 Å². The van der Waals surface area contributed by atoms with Crippen molar-refractivity contribution in [3.63, 3.8) is 0 Å². The zero-order valence-corrected chi connectivity index (χ0v) is 21.9. The second kappa shape index (κ2) is 10.7. The van der Waals surface area contributed by atoms with Crippen LogP contribution in [0.4, 0.5) is 20.4 Å². The molecule has 0 atom stereocenters. The molecule has 3 aromatic carbocycles. The first-order valence-electron chi connectivity index (χ1n) is 12.1. The molecule has 0 aliphatic heterocycles. The molecule has 198 valence electrons. The van der Waals surface area contributed by atoms with Gasteiger partial charge in [-0.15, -0.1) is 0 Å². The minimum Gasteiger partial charge on any atom is -0.481 e. The maximum atomic E-state index is 14.0. The number of ether oxygens (including phenoxy) is 1. The van der Waals surface area contributed by atoms with E-state index < -0.39 is 11.6 Å². The Balaban J connectivity index is 1.50. The molecule has 0 bridgehead atoms. The average Bonchev–Trinajstić information content (AvgIpc) is 2.91. The Labute approximate surface area is 227 Å². The van der Waals surface area contributed by atoms with Gasteiger partial charge in [0.25, 0.3) is 5.56 Å². The molecule has 0 amide bonds. The number of hydrogen-bond acceptors (Lipinski definition) is 6. The van der Waals surface area contributed by atoms with Gasteiger partial charge in [-0.2, -0.15) is 0 Å². The number of nitrogens with zero attached hydrogens (tertiary/aromatic N) is 3. The van der Waals surface area contributed by atoms with E-state index in [9.17, 15) is 13.6 Å². The quantitative estimate of drug-likeness (QED) is 0.262. The predicted octanol–water partition coefficient (Wildman–Crippen LogP) is 5.93. The fourth-order valence-electron chi connectivity index (χ4n) is 4.49. The first kappa shape index (κ1) is 26.1. The Morgan fingerprint density at radius 2 is 1.90 bits per heavy atom. The number of pyridine rings is 1. The Bertz CT molecular complexity index is 1750. The van der Waals surface area contributed by atoms with Crippen LogP contribution >= 0.6 is 11.6 Å². The fourth-order valence-corrected chi connectivity index (χ4v) is 4.79. The third-order valence-electron chi connectivity index (χ3n) is 6.40. The van der Waals surface area contributed by atoms with Crippen molar-refractivity contribution in [1.29, 1.82) is 0 Å². The van der Waals surface area contributed by atoms with Crippen LogP contribution in [-0.2, 0) is 6.42 Å². The monoisotopic (exact) mass is 547 g/mol. The molecule has 0 radical (unpaired) electrons. The highest BCUT2D eigenvalue weighted by atomic mass is 35.5. The molecule has 39 heavy (non-hydrogen) atoms. The van der Waals surface area contributed by atoms with Crippen LogP contribution in [0.2, 0.25) is 5.02 Å². The molecule has 7 nitrogen and oxygen atoms in total. The highest BCUT2D eigenvalue weighted by molar-refractivity contribution is 6.32. The number of benzene rings is 3. The third-order valence-corrected chi connectivity index (χ3v) is 6.70. The standard InChI is InChI=1S/C29H24ClF2N5O2/c1-16-4-3-5-22(30)26(16)37-28(38)21-13-17(6-8-24(21)36-29(37)33)19-12-18(27(39-2)35-15-19)10-11-34-25-9-7-20(31)14-23(25)32/h3-9,12-15,34H,10-11H2,1-2H3,(H2,33,36). The lowest BCUT2D eigenvalue weighted by Crippen LogP contribution is -2.24.